The van der Waals surface area contributed by atoms with Crippen molar-refractivity contribution in [2.24, 2.45) is 17.8 Å². The third-order valence-corrected chi connectivity index (χ3v) is 4.80. The minimum absolute atomic E-state index is 0.107. The van der Waals surface area contributed by atoms with E-state index in [1.807, 2.05) is 26.8 Å². The smallest absolute Gasteiger partial charge is 0.172 e. The van der Waals surface area contributed by atoms with Crippen molar-refractivity contribution in [2.75, 3.05) is 19.7 Å². The number of ether oxygens (including phenoxy) is 1. The van der Waals surface area contributed by atoms with E-state index in [0.717, 1.165) is 24.9 Å². The van der Waals surface area contributed by atoms with Gasteiger partial charge < -0.3 is 10.1 Å². The topological polar surface area (TPSA) is 39.1 Å². The molecule has 0 spiro atoms. The molecule has 0 radical (unpaired) electrons. The maximum atomic E-state index is 14.0. The van der Waals surface area contributed by atoms with Crippen LogP contribution in [0, 0.1) is 23.6 Å². The van der Waals surface area contributed by atoms with Gasteiger partial charge in [-0.2, -0.15) is 5.10 Å². The first-order valence-corrected chi connectivity index (χ1v) is 7.85. The zero-order chi connectivity index (χ0) is 15.0. The fraction of sp³-hybridized carbons (Fsp3) is 0.688. The van der Waals surface area contributed by atoms with Crippen LogP contribution in [0.2, 0.25) is 0 Å². The van der Waals surface area contributed by atoms with Crippen LogP contribution in [-0.4, -0.2) is 29.5 Å². The summed E-state index contributed by atoms with van der Waals surface area (Å²) in [5, 5.41) is 7.55. The van der Waals surface area contributed by atoms with E-state index >= 15 is 0 Å². The van der Waals surface area contributed by atoms with E-state index in [2.05, 4.69) is 10.4 Å². The number of hydrogen-bond donors (Lipinski definition) is 1. The van der Waals surface area contributed by atoms with Gasteiger partial charge in [-0.3, -0.25) is 4.68 Å². The maximum absolute atomic E-state index is 14.0. The highest BCUT2D eigenvalue weighted by Gasteiger charge is 2.44. The number of nitrogens with one attached hydrogen (secondary N) is 1. The number of piperidine rings is 2. The van der Waals surface area contributed by atoms with Crippen molar-refractivity contribution in [1.82, 2.24) is 15.1 Å². The normalized spacial score (nSPS) is 28.6. The number of nitrogens with zero attached hydrogens (tertiary/aromatic N) is 2. The third-order valence-electron chi connectivity index (χ3n) is 4.80. The maximum Gasteiger partial charge on any atom is 0.172 e. The Balaban J connectivity index is 1.70. The molecule has 2 bridgehead atoms. The van der Waals surface area contributed by atoms with Crippen LogP contribution in [0.1, 0.15) is 38.9 Å². The third kappa shape index (κ3) is 2.59. The monoisotopic (exact) mass is 293 g/mol. The first-order chi connectivity index (χ1) is 10.1. The SMILES string of the molecule is C/C=C(/OCC1[C@@H]2CNC[C@H]1C2)c1c(F)cnn1C(C)C. The van der Waals surface area contributed by atoms with E-state index in [1.54, 1.807) is 4.68 Å². The number of hydrogen-bond acceptors (Lipinski definition) is 3. The Bertz CT molecular complexity index is 524. The summed E-state index contributed by atoms with van der Waals surface area (Å²) in [7, 11) is 0. The average molecular weight is 293 g/mol. The summed E-state index contributed by atoms with van der Waals surface area (Å²) < 4.78 is 21.7. The average Bonchev–Trinajstić information content (AvgIpc) is 2.86. The predicted octanol–water partition coefficient (Wildman–Crippen LogP) is 2.84. The standard InChI is InChI=1S/C16H24FN3O/c1-4-15(16-14(17)8-19-20(16)10(2)3)21-9-13-11-5-12(13)7-18-6-11/h4,8,10-13,18H,5-7,9H2,1-3H3/b15-4+/t11-,12+,13?. The van der Waals surface area contributed by atoms with E-state index in [9.17, 15) is 4.39 Å². The lowest BCUT2D eigenvalue weighted by Gasteiger charge is -2.49. The fourth-order valence-corrected chi connectivity index (χ4v) is 3.56. The van der Waals surface area contributed by atoms with Crippen LogP contribution in [0.4, 0.5) is 4.39 Å². The van der Waals surface area contributed by atoms with Gasteiger partial charge in [0.25, 0.3) is 0 Å². The highest BCUT2D eigenvalue weighted by molar-refractivity contribution is 5.56. The lowest BCUT2D eigenvalue weighted by atomic mass is 9.62. The molecule has 2 heterocycles. The Morgan fingerprint density at radius 1 is 1.52 bits per heavy atom. The zero-order valence-electron chi connectivity index (χ0n) is 13.0. The molecule has 21 heavy (non-hydrogen) atoms. The van der Waals surface area contributed by atoms with Crippen LogP contribution in [0.25, 0.3) is 5.76 Å². The molecule has 2 fully saturated rings. The first kappa shape index (κ1) is 14.6. The molecule has 1 saturated carbocycles. The number of halogens is 1. The number of fused-ring (bicyclic) bond motifs is 2. The molecular formula is C16H24FN3O. The van der Waals surface area contributed by atoms with Crippen molar-refractivity contribution in [2.45, 2.75) is 33.2 Å². The summed E-state index contributed by atoms with van der Waals surface area (Å²) in [4.78, 5) is 0. The van der Waals surface area contributed by atoms with Gasteiger partial charge in [0.05, 0.1) is 12.8 Å². The lowest BCUT2D eigenvalue weighted by Crippen LogP contribution is -2.54. The summed E-state index contributed by atoms with van der Waals surface area (Å²) in [5.41, 5.74) is 0.468. The van der Waals surface area contributed by atoms with E-state index < -0.39 is 0 Å². The van der Waals surface area contributed by atoms with Gasteiger partial charge in [0.1, 0.15) is 11.5 Å². The molecule has 1 aliphatic heterocycles. The van der Waals surface area contributed by atoms with Crippen molar-refractivity contribution >= 4 is 5.76 Å². The van der Waals surface area contributed by atoms with E-state index in [-0.39, 0.29) is 11.9 Å². The van der Waals surface area contributed by atoms with Gasteiger partial charge in [-0.05, 0) is 58.2 Å². The van der Waals surface area contributed by atoms with E-state index in [1.165, 1.54) is 12.6 Å². The molecule has 1 N–H and O–H groups in total. The summed E-state index contributed by atoms with van der Waals surface area (Å²) in [6.45, 7) is 8.73. The van der Waals surface area contributed by atoms with Gasteiger partial charge in [0.2, 0.25) is 0 Å². The molecule has 1 aromatic heterocycles. The Kier molecular flexibility index (Phi) is 4.02. The molecule has 0 aromatic carbocycles. The van der Waals surface area contributed by atoms with Crippen LogP contribution in [0.5, 0.6) is 0 Å². The van der Waals surface area contributed by atoms with Crippen molar-refractivity contribution < 1.29 is 9.13 Å². The Hall–Kier alpha value is -1.36. The molecule has 3 atom stereocenters. The minimum Gasteiger partial charge on any atom is -0.491 e. The van der Waals surface area contributed by atoms with Crippen molar-refractivity contribution in [3.05, 3.63) is 23.8 Å². The van der Waals surface area contributed by atoms with Crippen LogP contribution >= 0.6 is 0 Å². The summed E-state index contributed by atoms with van der Waals surface area (Å²) in [6.07, 6.45) is 4.42. The van der Waals surface area contributed by atoms with Crippen LogP contribution < -0.4 is 5.32 Å². The number of aromatic nitrogens is 2. The highest BCUT2D eigenvalue weighted by atomic mass is 19.1. The molecule has 1 unspecified atom stereocenters. The predicted molar refractivity (Wildman–Crippen MR) is 80.1 cm³/mol. The number of rotatable bonds is 5. The first-order valence-electron chi connectivity index (χ1n) is 7.85. The van der Waals surface area contributed by atoms with Gasteiger partial charge in [0.15, 0.2) is 5.82 Å². The fourth-order valence-electron chi connectivity index (χ4n) is 3.56. The molecule has 0 amide bonds. The lowest BCUT2D eigenvalue weighted by molar-refractivity contribution is -0.0100. The van der Waals surface area contributed by atoms with Crippen molar-refractivity contribution in [3.8, 4) is 0 Å². The molecule has 1 saturated heterocycles. The van der Waals surface area contributed by atoms with Crippen molar-refractivity contribution in [3.63, 3.8) is 0 Å². The molecule has 4 nitrogen and oxygen atoms in total. The van der Waals surface area contributed by atoms with Gasteiger partial charge in [-0.1, -0.05) is 0 Å². The summed E-state index contributed by atoms with van der Waals surface area (Å²) in [6, 6.07) is 0.107. The van der Waals surface area contributed by atoms with Crippen LogP contribution in [-0.2, 0) is 4.74 Å². The molecule has 116 valence electrons. The van der Waals surface area contributed by atoms with Crippen molar-refractivity contribution in [1.29, 1.82) is 0 Å². The largest absolute Gasteiger partial charge is 0.491 e. The second kappa shape index (κ2) is 5.79. The van der Waals surface area contributed by atoms with E-state index in [4.69, 9.17) is 4.74 Å². The Morgan fingerprint density at radius 3 is 2.81 bits per heavy atom. The van der Waals surface area contributed by atoms with Crippen LogP contribution in [0.15, 0.2) is 12.3 Å². The van der Waals surface area contributed by atoms with Gasteiger partial charge in [-0.15, -0.1) is 0 Å². The minimum atomic E-state index is -0.313. The zero-order valence-corrected chi connectivity index (χ0v) is 13.0. The van der Waals surface area contributed by atoms with Crippen LogP contribution in [0.3, 0.4) is 0 Å². The molecule has 1 aromatic rings. The van der Waals surface area contributed by atoms with Gasteiger partial charge in [-0.25, -0.2) is 4.39 Å². The molecule has 3 rings (SSSR count). The Labute approximate surface area is 125 Å². The Morgan fingerprint density at radius 2 is 2.24 bits per heavy atom. The second-order valence-corrected chi connectivity index (χ2v) is 6.42. The van der Waals surface area contributed by atoms with Gasteiger partial charge in [0, 0.05) is 12.0 Å². The van der Waals surface area contributed by atoms with Gasteiger partial charge >= 0.3 is 0 Å². The molecule has 2 aliphatic rings. The molecular weight excluding hydrogens is 269 g/mol. The summed E-state index contributed by atoms with van der Waals surface area (Å²) >= 11 is 0. The quantitative estimate of drug-likeness (QED) is 0.849. The summed E-state index contributed by atoms with van der Waals surface area (Å²) in [5.74, 6) is 2.35. The molecule has 5 heteroatoms. The molecule has 1 aliphatic carbocycles. The highest BCUT2D eigenvalue weighted by Crippen LogP contribution is 2.43. The second-order valence-electron chi connectivity index (χ2n) is 6.42. The van der Waals surface area contributed by atoms with E-state index in [0.29, 0.717) is 24.0 Å². The number of allylic oxidation sites excluding steroid dienone is 1.